The van der Waals surface area contributed by atoms with Gasteiger partial charge in [-0.1, -0.05) is 6.58 Å². The summed E-state index contributed by atoms with van der Waals surface area (Å²) in [6.07, 6.45) is 0.963. The Morgan fingerprint density at radius 3 is 2.38 bits per heavy atom. The number of carbonyl (C=O) groups excluding carboxylic acids is 1. The fourth-order valence-electron chi connectivity index (χ4n) is 0.699. The van der Waals surface area contributed by atoms with Gasteiger partial charge in [-0.25, -0.2) is 4.79 Å². The van der Waals surface area contributed by atoms with E-state index in [1.165, 1.54) is 0 Å². The molecule has 0 aliphatic heterocycles. The number of carbonyl (C=O) groups is 1. The molecule has 0 aliphatic rings. The molecule has 74 valence electrons. The van der Waals surface area contributed by atoms with E-state index in [4.69, 9.17) is 0 Å². The molecule has 0 fully saturated rings. The third-order valence-corrected chi connectivity index (χ3v) is 2.42. The molecule has 0 saturated carbocycles. The summed E-state index contributed by atoms with van der Waals surface area (Å²) in [6, 6.07) is 0. The van der Waals surface area contributed by atoms with E-state index in [1.807, 2.05) is 21.1 Å². The van der Waals surface area contributed by atoms with Gasteiger partial charge in [-0.3, -0.25) is 0 Å². The van der Waals surface area contributed by atoms with Crippen LogP contribution in [0.2, 0.25) is 0 Å². The SMILES string of the molecule is C=CC(=O)/[P+]([O-])=C(\O)C[N+](C)(C)C. The highest BCUT2D eigenvalue weighted by molar-refractivity contribution is 7.69. The number of hydrogen-bond acceptors (Lipinski definition) is 2. The second-order valence-corrected chi connectivity index (χ2v) is 5.25. The fourth-order valence-corrected chi connectivity index (χ4v) is 1.67. The molecular weight excluding hydrogens is 189 g/mol. The van der Waals surface area contributed by atoms with E-state index in [-0.39, 0.29) is 12.0 Å². The van der Waals surface area contributed by atoms with Gasteiger partial charge in [0, 0.05) is 6.08 Å². The van der Waals surface area contributed by atoms with Gasteiger partial charge in [0.2, 0.25) is 0 Å². The normalized spacial score (nSPS) is 13.6. The lowest BCUT2D eigenvalue weighted by atomic mass is 10.5. The first-order chi connectivity index (χ1) is 5.78. The van der Waals surface area contributed by atoms with E-state index in [1.54, 1.807) is 0 Å². The lowest BCUT2D eigenvalue weighted by Gasteiger charge is -2.21. The fraction of sp³-hybridized carbons (Fsp3) is 0.500. The van der Waals surface area contributed by atoms with Gasteiger partial charge in [-0.15, -0.1) is 0 Å². The third kappa shape index (κ3) is 4.90. The molecule has 5 heteroatoms. The molecule has 0 spiro atoms. The minimum absolute atomic E-state index is 0.203. The first kappa shape index (κ1) is 12.5. The van der Waals surface area contributed by atoms with Crippen LogP contribution in [0.4, 0.5) is 0 Å². The number of allylic oxidation sites excluding steroid dienone is 1. The smallest absolute Gasteiger partial charge is 0.344 e. The third-order valence-electron chi connectivity index (χ3n) is 1.22. The number of likely N-dealkylation sites (N-methyl/N-ethyl adjacent to an activating group) is 1. The van der Waals surface area contributed by atoms with Crippen molar-refractivity contribution < 1.29 is 19.3 Å². The number of rotatable bonds is 4. The minimum Gasteiger partial charge on any atom is -0.621 e. The maximum Gasteiger partial charge on any atom is 0.344 e. The van der Waals surface area contributed by atoms with Crippen LogP contribution < -0.4 is 4.89 Å². The van der Waals surface area contributed by atoms with E-state index >= 15 is 0 Å². The van der Waals surface area contributed by atoms with Crippen molar-refractivity contribution in [1.82, 2.24) is 0 Å². The van der Waals surface area contributed by atoms with Gasteiger partial charge in [0.05, 0.1) is 21.1 Å². The Balaban J connectivity index is 4.63. The highest BCUT2D eigenvalue weighted by Gasteiger charge is 2.20. The summed E-state index contributed by atoms with van der Waals surface area (Å²) in [5.41, 5.74) is -0.895. The van der Waals surface area contributed by atoms with Crippen LogP contribution in [-0.2, 0) is 4.79 Å². The molecule has 1 N–H and O–H groups in total. The molecule has 0 bridgehead atoms. The topological polar surface area (TPSA) is 60.4 Å². The van der Waals surface area contributed by atoms with Crippen LogP contribution in [0.5, 0.6) is 0 Å². The zero-order valence-electron chi connectivity index (χ0n) is 8.15. The summed E-state index contributed by atoms with van der Waals surface area (Å²) in [4.78, 5) is 22.0. The average Bonchev–Trinajstić information content (AvgIpc) is 1.98. The molecule has 0 aromatic rings. The summed E-state index contributed by atoms with van der Waals surface area (Å²) >= 11 is 0. The molecule has 0 rings (SSSR count). The molecule has 0 saturated heterocycles. The summed E-state index contributed by atoms with van der Waals surface area (Å²) in [5.74, 6) is 0. The van der Waals surface area contributed by atoms with Crippen LogP contribution in [0.3, 0.4) is 0 Å². The lowest BCUT2D eigenvalue weighted by Crippen LogP contribution is -2.39. The zero-order valence-corrected chi connectivity index (χ0v) is 9.04. The number of quaternary nitrogens is 1. The van der Waals surface area contributed by atoms with E-state index in [0.29, 0.717) is 4.48 Å². The van der Waals surface area contributed by atoms with Gasteiger partial charge < -0.3 is 14.5 Å². The molecule has 0 aromatic carbocycles. The maximum atomic E-state index is 11.2. The summed E-state index contributed by atoms with van der Waals surface area (Å²) in [7, 11) is 3.18. The van der Waals surface area contributed by atoms with Crippen molar-refractivity contribution in [2.45, 2.75) is 0 Å². The number of aliphatic hydroxyl groups excluding tert-OH is 1. The molecule has 1 unspecified atom stereocenters. The zero-order chi connectivity index (χ0) is 10.6. The van der Waals surface area contributed by atoms with Crippen molar-refractivity contribution in [2.24, 2.45) is 0 Å². The summed E-state index contributed by atoms with van der Waals surface area (Å²) in [5, 5.41) is 9.30. The second-order valence-electron chi connectivity index (χ2n) is 3.70. The Bertz CT molecular complexity index is 253. The molecule has 0 amide bonds. The Labute approximate surface area is 79.2 Å². The van der Waals surface area contributed by atoms with Crippen LogP contribution >= 0.6 is 7.77 Å². The average molecular weight is 204 g/mol. The van der Waals surface area contributed by atoms with Crippen molar-refractivity contribution >= 4 is 18.8 Å². The Kier molecular flexibility index (Phi) is 4.44. The van der Waals surface area contributed by atoms with Crippen LogP contribution in [0.25, 0.3) is 0 Å². The van der Waals surface area contributed by atoms with Crippen molar-refractivity contribution in [2.75, 3.05) is 27.7 Å². The van der Waals surface area contributed by atoms with Crippen molar-refractivity contribution in [3.63, 3.8) is 0 Å². The largest absolute Gasteiger partial charge is 0.621 e. The van der Waals surface area contributed by atoms with Gasteiger partial charge in [0.15, 0.2) is 14.3 Å². The van der Waals surface area contributed by atoms with Crippen LogP contribution in [-0.4, -0.2) is 48.3 Å². The molecule has 1 atom stereocenters. The van der Waals surface area contributed by atoms with Gasteiger partial charge in [-0.05, 0) is 0 Å². The van der Waals surface area contributed by atoms with Crippen molar-refractivity contribution in [1.29, 1.82) is 0 Å². The molecule has 13 heavy (non-hydrogen) atoms. The molecule has 0 aromatic heterocycles. The van der Waals surface area contributed by atoms with Gasteiger partial charge in [0.1, 0.15) is 0 Å². The Hall–Kier alpha value is -0.540. The van der Waals surface area contributed by atoms with E-state index in [2.05, 4.69) is 6.58 Å². The molecule has 0 aliphatic carbocycles. The Morgan fingerprint density at radius 2 is 2.08 bits per heavy atom. The molecular formula is C8H15NO3P+. The highest BCUT2D eigenvalue weighted by atomic mass is 31.1. The summed E-state index contributed by atoms with van der Waals surface area (Å²) in [6.45, 7) is 3.40. The van der Waals surface area contributed by atoms with Gasteiger partial charge >= 0.3 is 5.52 Å². The standard InChI is InChI=1S/C8H14NO3P/c1-5-7(10)13(12)8(11)6-9(2,3)4/h5H,1,6H2,2-4H3/p+1. The van der Waals surface area contributed by atoms with Crippen LogP contribution in [0.1, 0.15) is 0 Å². The van der Waals surface area contributed by atoms with Crippen molar-refractivity contribution in [3.8, 4) is 0 Å². The quantitative estimate of drug-likeness (QED) is 0.387. The van der Waals surface area contributed by atoms with Crippen LogP contribution in [0, 0.1) is 0 Å². The molecule has 4 nitrogen and oxygen atoms in total. The first-order valence-corrected chi connectivity index (χ1v) is 5.03. The van der Waals surface area contributed by atoms with E-state index in [0.717, 1.165) is 6.08 Å². The Morgan fingerprint density at radius 1 is 1.62 bits per heavy atom. The maximum absolute atomic E-state index is 11.2. The number of aliphatic hydroxyl groups is 1. The first-order valence-electron chi connectivity index (χ1n) is 3.77. The van der Waals surface area contributed by atoms with Crippen molar-refractivity contribution in [3.05, 3.63) is 12.7 Å². The predicted octanol–water partition coefficient (Wildman–Crippen LogP) is -0.335. The van der Waals surface area contributed by atoms with E-state index < -0.39 is 13.3 Å². The minimum atomic E-state index is -2.32. The molecule has 0 radical (unpaired) electrons. The number of hydrogen-bond donors (Lipinski definition) is 1. The predicted molar refractivity (Wildman–Crippen MR) is 52.0 cm³/mol. The highest BCUT2D eigenvalue weighted by Crippen LogP contribution is 2.15. The second kappa shape index (κ2) is 4.63. The number of nitrogens with zero attached hydrogens (tertiary/aromatic N) is 1. The molecule has 0 heterocycles. The van der Waals surface area contributed by atoms with E-state index in [9.17, 15) is 14.8 Å². The lowest BCUT2D eigenvalue weighted by molar-refractivity contribution is -0.861. The monoisotopic (exact) mass is 204 g/mol. The van der Waals surface area contributed by atoms with Gasteiger partial charge in [0.25, 0.3) is 5.48 Å². The van der Waals surface area contributed by atoms with Crippen LogP contribution in [0.15, 0.2) is 12.7 Å². The summed E-state index contributed by atoms with van der Waals surface area (Å²) < 4.78 is 0.428. The van der Waals surface area contributed by atoms with Gasteiger partial charge in [-0.2, -0.15) is 0 Å².